The van der Waals surface area contributed by atoms with Gasteiger partial charge in [0.05, 0.1) is 0 Å². The molecule has 0 unspecified atom stereocenters. The normalized spacial score (nSPS) is 16.8. The van der Waals surface area contributed by atoms with E-state index in [-0.39, 0.29) is 58.8 Å². The number of rotatable bonds is 2. The maximum Gasteiger partial charge on any atom is 1.00 e. The largest absolute Gasteiger partial charge is 1.00 e. The minimum Gasteiger partial charge on any atom is -0.498 e. The third-order valence-electron chi connectivity index (χ3n) is 1.61. The van der Waals surface area contributed by atoms with E-state index in [0.717, 1.165) is 13.0 Å². The van der Waals surface area contributed by atoms with Gasteiger partial charge in [0.15, 0.2) is 0 Å². The number of hydrogen-bond donors (Lipinski definition) is 0. The van der Waals surface area contributed by atoms with Crippen molar-refractivity contribution in [3.05, 3.63) is 19.6 Å². The molecule has 0 aliphatic carbocycles. The fraction of sp³-hybridized carbons (Fsp3) is 0.667. The van der Waals surface area contributed by atoms with E-state index in [1.807, 2.05) is 0 Å². The second-order valence-corrected chi connectivity index (χ2v) is 2.46. The molecular formula is C9H17KN-. The quantitative estimate of drug-likeness (QED) is 0.384. The Morgan fingerprint density at radius 3 is 2.73 bits per heavy atom. The Hall–Kier alpha value is 1.34. The van der Waals surface area contributed by atoms with Crippen molar-refractivity contribution < 1.29 is 51.4 Å². The molecule has 2 heteroatoms. The summed E-state index contributed by atoms with van der Waals surface area (Å²) in [7, 11) is 0. The molecule has 0 radical (unpaired) electrons. The fourth-order valence-corrected chi connectivity index (χ4v) is 1.13. The van der Waals surface area contributed by atoms with Gasteiger partial charge in [-0.15, -0.1) is 0 Å². The van der Waals surface area contributed by atoms with Crippen LogP contribution in [0.4, 0.5) is 0 Å². The predicted octanol–water partition coefficient (Wildman–Crippen LogP) is -1.08. The Morgan fingerprint density at radius 2 is 2.27 bits per heavy atom. The molecule has 0 saturated carbocycles. The first-order chi connectivity index (χ1) is 4.43. The van der Waals surface area contributed by atoms with E-state index in [0.29, 0.717) is 0 Å². The van der Waals surface area contributed by atoms with Crippen molar-refractivity contribution in [2.45, 2.75) is 19.8 Å². The van der Waals surface area contributed by atoms with Crippen LogP contribution in [0.25, 0.3) is 0 Å². The van der Waals surface area contributed by atoms with E-state index >= 15 is 0 Å². The Morgan fingerprint density at radius 1 is 1.55 bits per heavy atom. The van der Waals surface area contributed by atoms with Crippen LogP contribution in [-0.2, 0) is 0 Å². The summed E-state index contributed by atoms with van der Waals surface area (Å²) in [5.74, 6) is 0. The first-order valence-electron chi connectivity index (χ1n) is 3.71. The molecule has 1 rings (SSSR count). The maximum absolute atomic E-state index is 3.21. The Kier molecular flexibility index (Phi) is 12.7. The predicted molar refractivity (Wildman–Crippen MR) is 45.6 cm³/mol. The molecule has 11 heavy (non-hydrogen) atoms. The summed E-state index contributed by atoms with van der Waals surface area (Å²) in [5.41, 5.74) is 0. The van der Waals surface area contributed by atoms with E-state index in [2.05, 4.69) is 24.0 Å². The molecule has 0 amide bonds. The second kappa shape index (κ2) is 9.42. The zero-order chi connectivity index (χ0) is 6.53. The van der Waals surface area contributed by atoms with Gasteiger partial charge in [-0.05, 0) is 26.1 Å². The second-order valence-electron chi connectivity index (χ2n) is 2.46. The Balaban J connectivity index is 0. The molecule has 0 fully saturated rings. The molecule has 1 nitrogen and oxygen atoms in total. The summed E-state index contributed by atoms with van der Waals surface area (Å²) < 4.78 is 0. The smallest absolute Gasteiger partial charge is 0.498 e. The molecule has 0 bridgehead atoms. The third kappa shape index (κ3) is 6.49. The van der Waals surface area contributed by atoms with Gasteiger partial charge in [0.2, 0.25) is 0 Å². The van der Waals surface area contributed by atoms with Crippen LogP contribution in [0.2, 0.25) is 0 Å². The fourth-order valence-electron chi connectivity index (χ4n) is 1.13. The van der Waals surface area contributed by atoms with Crippen LogP contribution < -0.4 is 51.4 Å². The molecular weight excluding hydrogens is 161 g/mol. The minimum atomic E-state index is 0. The van der Waals surface area contributed by atoms with Crippen molar-refractivity contribution in [2.24, 2.45) is 0 Å². The first-order valence-corrected chi connectivity index (χ1v) is 3.71. The van der Waals surface area contributed by atoms with Crippen LogP contribution in [0.3, 0.4) is 0 Å². The first kappa shape index (κ1) is 14.8. The average molecular weight is 178 g/mol. The minimum absolute atomic E-state index is 0. The summed E-state index contributed by atoms with van der Waals surface area (Å²) in [5, 5.41) is 0. The Labute approximate surface area is 114 Å². The van der Waals surface area contributed by atoms with E-state index < -0.39 is 0 Å². The van der Waals surface area contributed by atoms with Crippen molar-refractivity contribution in [1.29, 1.82) is 0 Å². The summed E-state index contributed by atoms with van der Waals surface area (Å²) in [6.07, 6.45) is 7.74. The SMILES string of the molecule is CCCN1CC=[C-]CC1.[CH3-].[K+]. The van der Waals surface area contributed by atoms with Gasteiger partial charge in [-0.3, -0.25) is 6.08 Å². The van der Waals surface area contributed by atoms with E-state index in [1.54, 1.807) is 0 Å². The molecule has 0 aromatic carbocycles. The molecule has 0 N–H and O–H groups in total. The van der Waals surface area contributed by atoms with Crippen molar-refractivity contribution in [1.82, 2.24) is 4.90 Å². The van der Waals surface area contributed by atoms with Gasteiger partial charge in [0, 0.05) is 0 Å². The summed E-state index contributed by atoms with van der Waals surface area (Å²) in [4.78, 5) is 2.45. The third-order valence-corrected chi connectivity index (χ3v) is 1.61. The average Bonchev–Trinajstić information content (AvgIpc) is 1.91. The monoisotopic (exact) mass is 178 g/mol. The standard InChI is InChI=1S/C8H14N.CH3.K/c1-2-6-9-7-4-3-5-8-9;;/h4H,2,5-8H2,1H3;1H3;/q2*-1;+1. The van der Waals surface area contributed by atoms with Gasteiger partial charge in [-0.2, -0.15) is 6.42 Å². The van der Waals surface area contributed by atoms with Gasteiger partial charge < -0.3 is 18.4 Å². The molecule has 1 aliphatic rings. The zero-order valence-corrected chi connectivity index (χ0v) is 11.2. The summed E-state index contributed by atoms with van der Waals surface area (Å²) in [6, 6.07) is 0. The van der Waals surface area contributed by atoms with Gasteiger partial charge in [0.25, 0.3) is 0 Å². The molecule has 60 valence electrons. The van der Waals surface area contributed by atoms with Crippen molar-refractivity contribution >= 4 is 0 Å². The van der Waals surface area contributed by atoms with Gasteiger partial charge >= 0.3 is 51.4 Å². The molecule has 0 saturated heterocycles. The molecule has 0 aromatic rings. The molecule has 0 aromatic heterocycles. The molecule has 1 aliphatic heterocycles. The van der Waals surface area contributed by atoms with E-state index in [1.165, 1.54) is 19.5 Å². The van der Waals surface area contributed by atoms with Gasteiger partial charge in [-0.25, -0.2) is 0 Å². The van der Waals surface area contributed by atoms with Crippen LogP contribution in [0.15, 0.2) is 6.08 Å². The van der Waals surface area contributed by atoms with E-state index in [9.17, 15) is 0 Å². The number of hydrogen-bond acceptors (Lipinski definition) is 1. The number of nitrogens with zero attached hydrogens (tertiary/aromatic N) is 1. The zero-order valence-electron chi connectivity index (χ0n) is 8.06. The summed E-state index contributed by atoms with van der Waals surface area (Å²) in [6.45, 7) is 5.80. The molecule has 1 heterocycles. The van der Waals surface area contributed by atoms with Crippen molar-refractivity contribution in [3.63, 3.8) is 0 Å². The maximum atomic E-state index is 3.21. The van der Waals surface area contributed by atoms with Gasteiger partial charge in [-0.1, -0.05) is 6.92 Å². The van der Waals surface area contributed by atoms with Crippen molar-refractivity contribution in [2.75, 3.05) is 19.6 Å². The van der Waals surface area contributed by atoms with Crippen molar-refractivity contribution in [3.8, 4) is 0 Å². The van der Waals surface area contributed by atoms with Crippen LogP contribution in [-0.4, -0.2) is 24.5 Å². The van der Waals surface area contributed by atoms with Crippen LogP contribution >= 0.6 is 0 Å². The Bertz CT molecular complexity index is 102. The molecule has 0 atom stereocenters. The van der Waals surface area contributed by atoms with Crippen LogP contribution in [0.5, 0.6) is 0 Å². The topological polar surface area (TPSA) is 3.24 Å². The van der Waals surface area contributed by atoms with Crippen LogP contribution in [0, 0.1) is 13.5 Å². The van der Waals surface area contributed by atoms with E-state index in [4.69, 9.17) is 0 Å². The van der Waals surface area contributed by atoms with Crippen LogP contribution in [0.1, 0.15) is 19.8 Å². The molecule has 0 spiro atoms. The summed E-state index contributed by atoms with van der Waals surface area (Å²) >= 11 is 0. The van der Waals surface area contributed by atoms with Gasteiger partial charge in [0.1, 0.15) is 0 Å².